The van der Waals surface area contributed by atoms with Gasteiger partial charge in [0, 0.05) is 23.8 Å². The molecule has 0 aromatic carbocycles. The first kappa shape index (κ1) is 11.8. The van der Waals surface area contributed by atoms with Gasteiger partial charge in [-0.2, -0.15) is 0 Å². The maximum atomic E-state index is 4.73. The van der Waals surface area contributed by atoms with Crippen LogP contribution in [-0.2, 0) is 6.42 Å². The molecule has 3 rings (SSSR count). The third-order valence-electron chi connectivity index (χ3n) is 3.44. The summed E-state index contributed by atoms with van der Waals surface area (Å²) in [5, 5.41) is 3.01. The zero-order chi connectivity index (χ0) is 12.4. The summed E-state index contributed by atoms with van der Waals surface area (Å²) in [6.07, 6.45) is 4.21. The molecule has 1 atom stereocenters. The second-order valence-electron chi connectivity index (χ2n) is 4.97. The molecule has 0 bridgehead atoms. The molecule has 0 spiro atoms. The highest BCUT2D eigenvalue weighted by molar-refractivity contribution is 7.13. The molecule has 94 valence electrons. The van der Waals surface area contributed by atoms with E-state index in [1.165, 1.54) is 25.2 Å². The van der Waals surface area contributed by atoms with Crippen LogP contribution in [0.15, 0.2) is 29.8 Å². The summed E-state index contributed by atoms with van der Waals surface area (Å²) in [5.74, 6) is 0.758. The van der Waals surface area contributed by atoms with Crippen LogP contribution in [0, 0.1) is 5.92 Å². The molecule has 0 aliphatic carbocycles. The second kappa shape index (κ2) is 5.16. The molecule has 1 aliphatic heterocycles. The van der Waals surface area contributed by atoms with E-state index in [0.717, 1.165) is 23.0 Å². The molecule has 4 heteroatoms. The minimum Gasteiger partial charge on any atom is -0.306 e. The molecule has 0 amide bonds. The predicted octanol–water partition coefficient (Wildman–Crippen LogP) is 2.70. The molecule has 18 heavy (non-hydrogen) atoms. The summed E-state index contributed by atoms with van der Waals surface area (Å²) < 4.78 is 0. The highest BCUT2D eigenvalue weighted by Gasteiger charge is 2.20. The molecule has 2 aromatic rings. The molecular formula is C14H17N3S. The van der Waals surface area contributed by atoms with Crippen molar-refractivity contribution in [2.45, 2.75) is 12.8 Å². The lowest BCUT2D eigenvalue weighted by Gasteiger charge is -2.10. The standard InChI is InChI=1S/C14H17N3S/c1-17-7-5-11(10-17)9-12-3-2-4-13(16-12)14-15-6-8-18-14/h2-4,6,8,11H,5,7,9-10H2,1H3/t11-/m1/s1. The number of hydrogen-bond donors (Lipinski definition) is 0. The molecule has 0 N–H and O–H groups in total. The molecular weight excluding hydrogens is 242 g/mol. The van der Waals surface area contributed by atoms with E-state index < -0.39 is 0 Å². The number of pyridine rings is 1. The number of hydrogen-bond acceptors (Lipinski definition) is 4. The quantitative estimate of drug-likeness (QED) is 0.848. The molecule has 1 aliphatic rings. The van der Waals surface area contributed by atoms with Gasteiger partial charge >= 0.3 is 0 Å². The average molecular weight is 259 g/mol. The van der Waals surface area contributed by atoms with Crippen LogP contribution in [0.4, 0.5) is 0 Å². The zero-order valence-corrected chi connectivity index (χ0v) is 11.4. The SMILES string of the molecule is CN1CC[C@H](Cc2cccc(-c3nccs3)n2)C1. The van der Waals surface area contributed by atoms with Gasteiger partial charge in [0.05, 0.1) is 5.69 Å². The predicted molar refractivity (Wildman–Crippen MR) is 74.7 cm³/mol. The van der Waals surface area contributed by atoms with Crippen LogP contribution in [0.1, 0.15) is 12.1 Å². The Balaban J connectivity index is 1.75. The summed E-state index contributed by atoms with van der Waals surface area (Å²) >= 11 is 1.65. The smallest absolute Gasteiger partial charge is 0.141 e. The van der Waals surface area contributed by atoms with Crippen molar-refractivity contribution < 1.29 is 0 Å². The number of rotatable bonds is 3. The van der Waals surface area contributed by atoms with E-state index in [2.05, 4.69) is 29.1 Å². The first-order valence-electron chi connectivity index (χ1n) is 6.35. The second-order valence-corrected chi connectivity index (χ2v) is 5.87. The van der Waals surface area contributed by atoms with Crippen LogP contribution in [0.5, 0.6) is 0 Å². The largest absolute Gasteiger partial charge is 0.306 e. The highest BCUT2D eigenvalue weighted by atomic mass is 32.1. The number of likely N-dealkylation sites (tertiary alicyclic amines) is 1. The minimum atomic E-state index is 0.758. The Morgan fingerprint density at radius 3 is 3.11 bits per heavy atom. The third kappa shape index (κ3) is 2.60. The van der Waals surface area contributed by atoms with Crippen LogP contribution in [0.3, 0.4) is 0 Å². The van der Waals surface area contributed by atoms with Crippen LogP contribution < -0.4 is 0 Å². The van der Waals surface area contributed by atoms with Crippen molar-refractivity contribution >= 4 is 11.3 Å². The normalized spacial score (nSPS) is 20.4. The molecule has 3 heterocycles. The van der Waals surface area contributed by atoms with E-state index >= 15 is 0 Å². The van der Waals surface area contributed by atoms with Crippen molar-refractivity contribution in [2.24, 2.45) is 5.92 Å². The fourth-order valence-electron chi connectivity index (χ4n) is 2.55. The van der Waals surface area contributed by atoms with Crippen LogP contribution in [0.2, 0.25) is 0 Å². The van der Waals surface area contributed by atoms with Gasteiger partial charge in [0.2, 0.25) is 0 Å². The lowest BCUT2D eigenvalue weighted by Crippen LogP contribution is -2.15. The Bertz CT molecular complexity index is 510. The first-order valence-corrected chi connectivity index (χ1v) is 7.23. The number of thiazole rings is 1. The number of nitrogens with zero attached hydrogens (tertiary/aromatic N) is 3. The van der Waals surface area contributed by atoms with Crippen molar-refractivity contribution in [1.82, 2.24) is 14.9 Å². The van der Waals surface area contributed by atoms with Gasteiger partial charge in [0.25, 0.3) is 0 Å². The third-order valence-corrected chi connectivity index (χ3v) is 4.24. The first-order chi connectivity index (χ1) is 8.81. The van der Waals surface area contributed by atoms with E-state index in [1.54, 1.807) is 11.3 Å². The molecule has 3 nitrogen and oxygen atoms in total. The van der Waals surface area contributed by atoms with Gasteiger partial charge in [-0.3, -0.25) is 4.98 Å². The van der Waals surface area contributed by atoms with Crippen molar-refractivity contribution in [3.05, 3.63) is 35.5 Å². The van der Waals surface area contributed by atoms with Crippen LogP contribution in [-0.4, -0.2) is 35.0 Å². The van der Waals surface area contributed by atoms with Crippen molar-refractivity contribution in [3.8, 4) is 10.7 Å². The maximum absolute atomic E-state index is 4.73. The van der Waals surface area contributed by atoms with E-state index in [4.69, 9.17) is 4.98 Å². The summed E-state index contributed by atoms with van der Waals surface area (Å²) in [4.78, 5) is 11.5. The van der Waals surface area contributed by atoms with Gasteiger partial charge in [-0.05, 0) is 44.5 Å². The lowest BCUT2D eigenvalue weighted by atomic mass is 10.0. The van der Waals surface area contributed by atoms with Gasteiger partial charge in [0.15, 0.2) is 0 Å². The molecule has 1 saturated heterocycles. The summed E-state index contributed by atoms with van der Waals surface area (Å²) in [6.45, 7) is 2.42. The molecule has 0 unspecified atom stereocenters. The zero-order valence-electron chi connectivity index (χ0n) is 10.5. The Labute approximate surface area is 112 Å². The summed E-state index contributed by atoms with van der Waals surface area (Å²) in [5.41, 5.74) is 2.21. The van der Waals surface area contributed by atoms with Crippen LogP contribution >= 0.6 is 11.3 Å². The van der Waals surface area contributed by atoms with E-state index in [1.807, 2.05) is 17.6 Å². The molecule has 0 saturated carbocycles. The van der Waals surface area contributed by atoms with Crippen molar-refractivity contribution in [3.63, 3.8) is 0 Å². The van der Waals surface area contributed by atoms with E-state index in [9.17, 15) is 0 Å². The van der Waals surface area contributed by atoms with Crippen LogP contribution in [0.25, 0.3) is 10.7 Å². The van der Waals surface area contributed by atoms with Gasteiger partial charge < -0.3 is 4.90 Å². The van der Waals surface area contributed by atoms with Gasteiger partial charge in [-0.25, -0.2) is 4.98 Å². The Kier molecular flexibility index (Phi) is 3.39. The molecule has 1 fully saturated rings. The van der Waals surface area contributed by atoms with Crippen molar-refractivity contribution in [1.29, 1.82) is 0 Å². The lowest BCUT2D eigenvalue weighted by molar-refractivity contribution is 0.393. The Morgan fingerprint density at radius 2 is 2.39 bits per heavy atom. The Morgan fingerprint density at radius 1 is 1.44 bits per heavy atom. The minimum absolute atomic E-state index is 0.758. The van der Waals surface area contributed by atoms with Gasteiger partial charge in [-0.1, -0.05) is 6.07 Å². The van der Waals surface area contributed by atoms with Crippen molar-refractivity contribution in [2.75, 3.05) is 20.1 Å². The summed E-state index contributed by atoms with van der Waals surface area (Å²) in [7, 11) is 2.19. The monoisotopic (exact) mass is 259 g/mol. The fourth-order valence-corrected chi connectivity index (χ4v) is 3.16. The maximum Gasteiger partial charge on any atom is 0.141 e. The topological polar surface area (TPSA) is 29.0 Å². The highest BCUT2D eigenvalue weighted by Crippen LogP contribution is 2.22. The van der Waals surface area contributed by atoms with E-state index in [0.29, 0.717) is 0 Å². The molecule has 0 radical (unpaired) electrons. The van der Waals surface area contributed by atoms with Gasteiger partial charge in [-0.15, -0.1) is 11.3 Å². The van der Waals surface area contributed by atoms with Gasteiger partial charge in [0.1, 0.15) is 5.01 Å². The molecule has 2 aromatic heterocycles. The number of aromatic nitrogens is 2. The summed E-state index contributed by atoms with van der Waals surface area (Å²) in [6, 6.07) is 6.27. The fraction of sp³-hybridized carbons (Fsp3) is 0.429. The average Bonchev–Trinajstić information content (AvgIpc) is 3.01. The Hall–Kier alpha value is -1.26. The van der Waals surface area contributed by atoms with E-state index in [-0.39, 0.29) is 0 Å².